The summed E-state index contributed by atoms with van der Waals surface area (Å²) in [7, 11) is 0. The van der Waals surface area contributed by atoms with E-state index in [-0.39, 0.29) is 30.3 Å². The summed E-state index contributed by atoms with van der Waals surface area (Å²) < 4.78 is 5.36. The molecule has 0 bridgehead atoms. The molecule has 2 amide bonds. The van der Waals surface area contributed by atoms with Gasteiger partial charge in [-0.15, -0.1) is 12.4 Å². The molecule has 6 nitrogen and oxygen atoms in total. The van der Waals surface area contributed by atoms with Gasteiger partial charge >= 0.3 is 0 Å². The molecule has 2 saturated heterocycles. The second-order valence-corrected chi connectivity index (χ2v) is 6.45. The van der Waals surface area contributed by atoms with Gasteiger partial charge in [-0.05, 0) is 17.5 Å². The average Bonchev–Trinajstić information content (AvgIpc) is 2.99. The van der Waals surface area contributed by atoms with E-state index in [2.05, 4.69) is 16.7 Å². The lowest BCUT2D eigenvalue weighted by atomic mass is 10.1. The van der Waals surface area contributed by atoms with Crippen LogP contribution in [0.2, 0.25) is 0 Å². The molecule has 0 spiro atoms. The highest BCUT2D eigenvalue weighted by molar-refractivity contribution is 5.85. The van der Waals surface area contributed by atoms with Crippen LogP contribution in [0.25, 0.3) is 0 Å². The number of hydrogen-bond acceptors (Lipinski definition) is 4. The number of rotatable bonds is 6. The van der Waals surface area contributed by atoms with E-state index >= 15 is 0 Å². The number of hydrogen-bond donors (Lipinski definition) is 2. The van der Waals surface area contributed by atoms with E-state index in [9.17, 15) is 9.59 Å². The lowest BCUT2D eigenvalue weighted by molar-refractivity contribution is -0.128. The smallest absolute Gasteiger partial charge is 0.222 e. The van der Waals surface area contributed by atoms with E-state index in [1.807, 2.05) is 23.1 Å². The van der Waals surface area contributed by atoms with Crippen molar-refractivity contribution in [1.29, 1.82) is 0 Å². The number of amides is 2. The van der Waals surface area contributed by atoms with Crippen LogP contribution in [0, 0.1) is 0 Å². The number of morpholine rings is 1. The standard InChI is InChI=1S/C18H25N3O3.ClH/c22-17(10-16-13-24-8-6-19-16)20-11-14-3-1-4-15(9-14)12-21-7-2-5-18(21)23;/h1,3-4,9,16,19H,2,5-8,10-13H2,(H,20,22);1H. The van der Waals surface area contributed by atoms with Gasteiger partial charge in [-0.3, -0.25) is 9.59 Å². The fourth-order valence-electron chi connectivity index (χ4n) is 3.18. The van der Waals surface area contributed by atoms with Crippen LogP contribution in [0.5, 0.6) is 0 Å². The number of carbonyl (C=O) groups excluding carboxylic acids is 2. The Labute approximate surface area is 154 Å². The predicted octanol–water partition coefficient (Wildman–Crippen LogP) is 1.23. The Kier molecular flexibility index (Phi) is 7.68. The Hall–Kier alpha value is -1.63. The monoisotopic (exact) mass is 367 g/mol. The molecule has 2 heterocycles. The fraction of sp³-hybridized carbons (Fsp3) is 0.556. The second kappa shape index (κ2) is 9.75. The largest absolute Gasteiger partial charge is 0.378 e. The van der Waals surface area contributed by atoms with E-state index in [1.54, 1.807) is 0 Å². The summed E-state index contributed by atoms with van der Waals surface area (Å²) in [6.45, 7) is 4.11. The molecule has 2 aliphatic rings. The Balaban J connectivity index is 0.00000225. The lowest BCUT2D eigenvalue weighted by Gasteiger charge is -2.23. The van der Waals surface area contributed by atoms with Gasteiger partial charge in [0.05, 0.1) is 13.2 Å². The number of carbonyl (C=O) groups is 2. The van der Waals surface area contributed by atoms with Crippen molar-refractivity contribution in [3.63, 3.8) is 0 Å². The van der Waals surface area contributed by atoms with Crippen molar-refractivity contribution in [3.8, 4) is 0 Å². The zero-order chi connectivity index (χ0) is 16.8. The number of nitrogens with zero attached hydrogens (tertiary/aromatic N) is 1. The molecule has 1 atom stereocenters. The first-order chi connectivity index (χ1) is 11.7. The number of likely N-dealkylation sites (tertiary alicyclic amines) is 1. The minimum atomic E-state index is 0. The van der Waals surface area contributed by atoms with Crippen molar-refractivity contribution in [2.45, 2.75) is 38.4 Å². The van der Waals surface area contributed by atoms with Crippen molar-refractivity contribution < 1.29 is 14.3 Å². The molecule has 2 aliphatic heterocycles. The molecule has 1 aromatic rings. The van der Waals surface area contributed by atoms with Crippen LogP contribution in [0.3, 0.4) is 0 Å². The molecular weight excluding hydrogens is 342 g/mol. The van der Waals surface area contributed by atoms with Crippen molar-refractivity contribution in [2.75, 3.05) is 26.3 Å². The topological polar surface area (TPSA) is 70.7 Å². The minimum absolute atomic E-state index is 0. The molecule has 1 unspecified atom stereocenters. The molecule has 1 aromatic carbocycles. The maximum atomic E-state index is 12.0. The van der Waals surface area contributed by atoms with Gasteiger partial charge in [-0.25, -0.2) is 0 Å². The van der Waals surface area contributed by atoms with E-state index in [0.717, 1.165) is 30.6 Å². The van der Waals surface area contributed by atoms with Crippen LogP contribution in [0.4, 0.5) is 0 Å². The van der Waals surface area contributed by atoms with Crippen molar-refractivity contribution in [3.05, 3.63) is 35.4 Å². The summed E-state index contributed by atoms with van der Waals surface area (Å²) in [6, 6.07) is 8.17. The number of halogens is 1. The Morgan fingerprint density at radius 1 is 1.36 bits per heavy atom. The molecule has 0 saturated carbocycles. The van der Waals surface area contributed by atoms with Crippen molar-refractivity contribution >= 4 is 24.2 Å². The molecule has 2 N–H and O–H groups in total. The molecule has 7 heteroatoms. The third-order valence-electron chi connectivity index (χ3n) is 4.46. The normalized spacial score (nSPS) is 20.2. The summed E-state index contributed by atoms with van der Waals surface area (Å²) in [6.07, 6.45) is 2.05. The quantitative estimate of drug-likeness (QED) is 0.793. The predicted molar refractivity (Wildman–Crippen MR) is 97.4 cm³/mol. The Morgan fingerprint density at radius 2 is 2.20 bits per heavy atom. The molecule has 2 fully saturated rings. The molecule has 0 aromatic heterocycles. The third kappa shape index (κ3) is 5.99. The molecule has 0 radical (unpaired) electrons. The van der Waals surface area contributed by atoms with Crippen LogP contribution in [-0.2, 0) is 27.4 Å². The average molecular weight is 368 g/mol. The van der Waals surface area contributed by atoms with Crippen LogP contribution in [0.1, 0.15) is 30.4 Å². The fourth-order valence-corrected chi connectivity index (χ4v) is 3.18. The van der Waals surface area contributed by atoms with E-state index in [0.29, 0.717) is 39.1 Å². The van der Waals surface area contributed by atoms with Gasteiger partial charge in [0.1, 0.15) is 0 Å². The zero-order valence-electron chi connectivity index (χ0n) is 14.3. The van der Waals surface area contributed by atoms with Gasteiger partial charge in [0.15, 0.2) is 0 Å². The highest BCUT2D eigenvalue weighted by Gasteiger charge is 2.20. The number of nitrogens with one attached hydrogen (secondary N) is 2. The maximum absolute atomic E-state index is 12.0. The Morgan fingerprint density at radius 3 is 2.92 bits per heavy atom. The highest BCUT2D eigenvalue weighted by atomic mass is 35.5. The summed E-state index contributed by atoms with van der Waals surface area (Å²) in [5.74, 6) is 0.258. The van der Waals surface area contributed by atoms with Crippen LogP contribution < -0.4 is 10.6 Å². The number of benzene rings is 1. The van der Waals surface area contributed by atoms with Crippen molar-refractivity contribution in [1.82, 2.24) is 15.5 Å². The van der Waals surface area contributed by atoms with Crippen LogP contribution >= 0.6 is 12.4 Å². The summed E-state index contributed by atoms with van der Waals surface area (Å²) in [4.78, 5) is 25.6. The van der Waals surface area contributed by atoms with Gasteiger partial charge in [0.25, 0.3) is 0 Å². The number of ether oxygens (including phenoxy) is 1. The molecular formula is C18H26ClN3O3. The summed E-state index contributed by atoms with van der Waals surface area (Å²) >= 11 is 0. The summed E-state index contributed by atoms with van der Waals surface area (Å²) in [5.41, 5.74) is 2.17. The first kappa shape index (κ1) is 19.7. The van der Waals surface area contributed by atoms with Gasteiger partial charge in [0.2, 0.25) is 11.8 Å². The van der Waals surface area contributed by atoms with Gasteiger partial charge in [-0.2, -0.15) is 0 Å². The second-order valence-electron chi connectivity index (χ2n) is 6.45. The van der Waals surface area contributed by atoms with E-state index < -0.39 is 0 Å². The van der Waals surface area contributed by atoms with Gasteiger partial charge in [-0.1, -0.05) is 24.3 Å². The summed E-state index contributed by atoms with van der Waals surface area (Å²) in [5, 5.41) is 6.24. The van der Waals surface area contributed by atoms with Crippen LogP contribution in [0.15, 0.2) is 24.3 Å². The van der Waals surface area contributed by atoms with Crippen LogP contribution in [-0.4, -0.2) is 49.1 Å². The van der Waals surface area contributed by atoms with Crippen molar-refractivity contribution in [2.24, 2.45) is 0 Å². The Bertz CT molecular complexity index is 591. The first-order valence-electron chi connectivity index (χ1n) is 8.64. The minimum Gasteiger partial charge on any atom is -0.378 e. The molecule has 0 aliphatic carbocycles. The third-order valence-corrected chi connectivity index (χ3v) is 4.46. The maximum Gasteiger partial charge on any atom is 0.222 e. The van der Waals surface area contributed by atoms with E-state index in [4.69, 9.17) is 4.74 Å². The highest BCUT2D eigenvalue weighted by Crippen LogP contribution is 2.15. The molecule has 25 heavy (non-hydrogen) atoms. The van der Waals surface area contributed by atoms with Gasteiger partial charge < -0.3 is 20.3 Å². The zero-order valence-corrected chi connectivity index (χ0v) is 15.1. The van der Waals surface area contributed by atoms with E-state index in [1.165, 1.54) is 0 Å². The molecule has 138 valence electrons. The SMILES string of the molecule is Cl.O=C(CC1COCCN1)NCc1cccc(CN2CCCC2=O)c1. The first-order valence-corrected chi connectivity index (χ1v) is 8.64. The molecule has 3 rings (SSSR count). The van der Waals surface area contributed by atoms with Gasteiger partial charge in [0, 0.05) is 45.1 Å². The lowest BCUT2D eigenvalue weighted by Crippen LogP contribution is -2.44.